The van der Waals surface area contributed by atoms with E-state index in [9.17, 15) is 4.79 Å². The number of aromatic nitrogens is 1. The molecule has 0 N–H and O–H groups in total. The van der Waals surface area contributed by atoms with Crippen molar-refractivity contribution >= 4 is 11.6 Å². The molecule has 2 aromatic carbocycles. The highest BCUT2D eigenvalue weighted by molar-refractivity contribution is 6.00. The molecule has 24 heavy (non-hydrogen) atoms. The summed E-state index contributed by atoms with van der Waals surface area (Å²) in [6.45, 7) is 2.81. The maximum absolute atomic E-state index is 12.8. The van der Waals surface area contributed by atoms with Crippen molar-refractivity contribution < 1.29 is 9.21 Å². The number of hydrogen-bond acceptors (Lipinski definition) is 3. The van der Waals surface area contributed by atoms with Gasteiger partial charge in [-0.2, -0.15) is 0 Å². The van der Waals surface area contributed by atoms with Crippen LogP contribution in [0.3, 0.4) is 0 Å². The lowest BCUT2D eigenvalue weighted by molar-refractivity contribution is -0.118. The molecule has 1 saturated heterocycles. The van der Waals surface area contributed by atoms with Crippen LogP contribution >= 0.6 is 0 Å². The van der Waals surface area contributed by atoms with Crippen LogP contribution in [0.5, 0.6) is 0 Å². The number of amides is 1. The molecule has 0 aliphatic carbocycles. The summed E-state index contributed by atoms with van der Waals surface area (Å²) in [4.78, 5) is 18.6. The lowest BCUT2D eigenvalue weighted by Crippen LogP contribution is -2.26. The van der Waals surface area contributed by atoms with Crippen LogP contribution in [0.15, 0.2) is 65.5 Å². The van der Waals surface area contributed by atoms with Crippen molar-refractivity contribution in [3.63, 3.8) is 0 Å². The fourth-order valence-electron chi connectivity index (χ4n) is 3.30. The first-order valence-electron chi connectivity index (χ1n) is 8.09. The van der Waals surface area contributed by atoms with E-state index in [0.29, 0.717) is 0 Å². The molecule has 1 atom stereocenters. The van der Waals surface area contributed by atoms with Gasteiger partial charge in [-0.15, -0.1) is 0 Å². The molecule has 4 rings (SSSR count). The molecule has 4 heteroatoms. The standard InChI is InChI=1S/C20H18N2O2/c1-14-3-2-4-16(11-14)18-9-10-22(20(18)23)17-7-5-15(6-8-17)19-12-21-13-24-19/h2-8,11-13,18H,9-10H2,1H3. The zero-order valence-corrected chi connectivity index (χ0v) is 13.5. The molecule has 1 fully saturated rings. The Bertz CT molecular complexity index is 854. The van der Waals surface area contributed by atoms with Gasteiger partial charge in [0.1, 0.15) is 0 Å². The van der Waals surface area contributed by atoms with Gasteiger partial charge in [-0.3, -0.25) is 4.79 Å². The van der Waals surface area contributed by atoms with E-state index in [1.165, 1.54) is 12.0 Å². The Morgan fingerprint density at radius 2 is 2.00 bits per heavy atom. The molecule has 0 bridgehead atoms. The SMILES string of the molecule is Cc1cccc(C2CCN(c3ccc(-c4cnco4)cc3)C2=O)c1. The summed E-state index contributed by atoms with van der Waals surface area (Å²) in [5.41, 5.74) is 4.19. The fraction of sp³-hybridized carbons (Fsp3) is 0.200. The van der Waals surface area contributed by atoms with Gasteiger partial charge in [-0.1, -0.05) is 29.8 Å². The number of hydrogen-bond donors (Lipinski definition) is 0. The van der Waals surface area contributed by atoms with Crippen molar-refractivity contribution in [2.24, 2.45) is 0 Å². The Kier molecular flexibility index (Phi) is 3.65. The van der Waals surface area contributed by atoms with E-state index >= 15 is 0 Å². The number of oxazole rings is 1. The van der Waals surface area contributed by atoms with Gasteiger partial charge in [0.05, 0.1) is 12.1 Å². The molecule has 4 nitrogen and oxygen atoms in total. The molecular formula is C20H18N2O2. The number of carbonyl (C=O) groups excluding carboxylic acids is 1. The second-order valence-corrected chi connectivity index (χ2v) is 6.16. The number of rotatable bonds is 3. The minimum absolute atomic E-state index is 0.0427. The molecule has 120 valence electrons. The van der Waals surface area contributed by atoms with E-state index in [-0.39, 0.29) is 11.8 Å². The van der Waals surface area contributed by atoms with Crippen LogP contribution in [-0.4, -0.2) is 17.4 Å². The highest BCUT2D eigenvalue weighted by Gasteiger charge is 2.33. The van der Waals surface area contributed by atoms with Gasteiger partial charge in [0, 0.05) is 17.8 Å². The van der Waals surface area contributed by atoms with Gasteiger partial charge in [-0.05, 0) is 43.2 Å². The van der Waals surface area contributed by atoms with Crippen molar-refractivity contribution in [2.75, 3.05) is 11.4 Å². The van der Waals surface area contributed by atoms with E-state index in [4.69, 9.17) is 4.42 Å². The summed E-state index contributed by atoms with van der Waals surface area (Å²) in [5, 5.41) is 0. The largest absolute Gasteiger partial charge is 0.444 e. The van der Waals surface area contributed by atoms with Crippen LogP contribution < -0.4 is 4.90 Å². The fourth-order valence-corrected chi connectivity index (χ4v) is 3.30. The summed E-state index contributed by atoms with van der Waals surface area (Å²) < 4.78 is 5.30. The third kappa shape index (κ3) is 2.60. The monoisotopic (exact) mass is 318 g/mol. The van der Waals surface area contributed by atoms with Gasteiger partial charge in [0.25, 0.3) is 0 Å². The predicted octanol–water partition coefficient (Wildman–Crippen LogP) is 4.17. The maximum Gasteiger partial charge on any atom is 0.234 e. The average Bonchev–Trinajstić information content (AvgIpc) is 3.25. The zero-order chi connectivity index (χ0) is 16.5. The van der Waals surface area contributed by atoms with Gasteiger partial charge < -0.3 is 9.32 Å². The number of nitrogens with zero attached hydrogens (tertiary/aromatic N) is 2. The van der Waals surface area contributed by atoms with Gasteiger partial charge in [0.2, 0.25) is 5.91 Å². The topological polar surface area (TPSA) is 46.3 Å². The third-order valence-corrected chi connectivity index (χ3v) is 4.55. The molecule has 2 heterocycles. The average molecular weight is 318 g/mol. The summed E-state index contributed by atoms with van der Waals surface area (Å²) in [6, 6.07) is 16.1. The molecule has 1 amide bonds. The lowest BCUT2D eigenvalue weighted by Gasteiger charge is -2.17. The van der Waals surface area contributed by atoms with Crippen molar-refractivity contribution in [3.8, 4) is 11.3 Å². The molecule has 1 unspecified atom stereocenters. The molecule has 1 aliphatic rings. The van der Waals surface area contributed by atoms with Crippen molar-refractivity contribution in [1.29, 1.82) is 0 Å². The first kappa shape index (κ1) is 14.7. The van der Waals surface area contributed by atoms with E-state index in [1.54, 1.807) is 6.20 Å². The van der Waals surface area contributed by atoms with Crippen LogP contribution in [0.2, 0.25) is 0 Å². The highest BCUT2D eigenvalue weighted by atomic mass is 16.3. The number of anilines is 1. The molecular weight excluding hydrogens is 300 g/mol. The maximum atomic E-state index is 12.8. The second-order valence-electron chi connectivity index (χ2n) is 6.16. The Labute approximate surface area is 140 Å². The van der Waals surface area contributed by atoms with Gasteiger partial charge in [0.15, 0.2) is 12.2 Å². The van der Waals surface area contributed by atoms with Crippen molar-refractivity contribution in [1.82, 2.24) is 4.98 Å². The van der Waals surface area contributed by atoms with Crippen LogP contribution in [-0.2, 0) is 4.79 Å². The zero-order valence-electron chi connectivity index (χ0n) is 13.5. The summed E-state index contributed by atoms with van der Waals surface area (Å²) in [7, 11) is 0. The Morgan fingerprint density at radius 3 is 2.71 bits per heavy atom. The van der Waals surface area contributed by atoms with E-state index < -0.39 is 0 Å². The van der Waals surface area contributed by atoms with E-state index in [2.05, 4.69) is 24.0 Å². The van der Waals surface area contributed by atoms with Crippen LogP contribution in [0, 0.1) is 6.92 Å². The first-order valence-corrected chi connectivity index (χ1v) is 8.09. The molecule has 1 aliphatic heterocycles. The van der Waals surface area contributed by atoms with Gasteiger partial charge >= 0.3 is 0 Å². The number of benzene rings is 2. The normalized spacial score (nSPS) is 17.5. The first-order chi connectivity index (χ1) is 11.7. The Balaban J connectivity index is 1.56. The van der Waals surface area contributed by atoms with Crippen molar-refractivity contribution in [2.45, 2.75) is 19.3 Å². The van der Waals surface area contributed by atoms with E-state index in [0.717, 1.165) is 35.5 Å². The van der Waals surface area contributed by atoms with E-state index in [1.807, 2.05) is 41.3 Å². The van der Waals surface area contributed by atoms with Crippen LogP contribution in [0.1, 0.15) is 23.5 Å². The summed E-state index contributed by atoms with van der Waals surface area (Å²) in [6.07, 6.45) is 3.95. The lowest BCUT2D eigenvalue weighted by atomic mass is 9.96. The van der Waals surface area contributed by atoms with Gasteiger partial charge in [-0.25, -0.2) is 4.98 Å². The molecule has 0 radical (unpaired) electrons. The minimum Gasteiger partial charge on any atom is -0.444 e. The molecule has 0 spiro atoms. The minimum atomic E-state index is -0.0427. The molecule has 3 aromatic rings. The summed E-state index contributed by atoms with van der Waals surface area (Å²) in [5.74, 6) is 0.860. The number of aryl methyl sites for hydroxylation is 1. The smallest absolute Gasteiger partial charge is 0.234 e. The summed E-state index contributed by atoms with van der Waals surface area (Å²) >= 11 is 0. The Morgan fingerprint density at radius 1 is 1.17 bits per heavy atom. The van der Waals surface area contributed by atoms with Crippen LogP contribution in [0.4, 0.5) is 5.69 Å². The van der Waals surface area contributed by atoms with Crippen molar-refractivity contribution in [3.05, 3.63) is 72.2 Å². The number of carbonyl (C=O) groups is 1. The third-order valence-electron chi connectivity index (χ3n) is 4.55. The quantitative estimate of drug-likeness (QED) is 0.728. The molecule has 1 aromatic heterocycles. The predicted molar refractivity (Wildman–Crippen MR) is 92.8 cm³/mol. The second kappa shape index (κ2) is 5.96. The highest BCUT2D eigenvalue weighted by Crippen LogP contribution is 2.33. The molecule has 0 saturated carbocycles. The Hall–Kier alpha value is -2.88. The van der Waals surface area contributed by atoms with Crippen LogP contribution in [0.25, 0.3) is 11.3 Å².